The Morgan fingerprint density at radius 2 is 1.73 bits per heavy atom. The molecule has 7 aliphatic rings. The van der Waals surface area contributed by atoms with Gasteiger partial charge in [0.25, 0.3) is 17.7 Å². The van der Waals surface area contributed by atoms with E-state index in [1.165, 1.54) is 22.3 Å². The van der Waals surface area contributed by atoms with Gasteiger partial charge in [0.1, 0.15) is 17.4 Å². The van der Waals surface area contributed by atoms with Crippen molar-refractivity contribution in [2.24, 2.45) is 5.92 Å². The molecular formula is C47H47FN10O7S. The lowest BCUT2D eigenvalue weighted by atomic mass is 9.66. The molecular weight excluding hydrogens is 868 g/mol. The molecule has 0 spiro atoms. The fourth-order valence-corrected chi connectivity index (χ4v) is 10.9. The number of halogens is 1. The fourth-order valence-electron chi connectivity index (χ4n) is 10.4. The number of fused-ring (bicyclic) bond motifs is 4. The van der Waals surface area contributed by atoms with E-state index in [-0.39, 0.29) is 41.8 Å². The first-order chi connectivity index (χ1) is 31.9. The Morgan fingerprint density at radius 3 is 2.44 bits per heavy atom. The third-order valence-electron chi connectivity index (χ3n) is 14.2. The highest BCUT2D eigenvalue weighted by atomic mass is 32.1. The van der Waals surface area contributed by atoms with Crippen LogP contribution in [0.25, 0.3) is 11.1 Å². The molecule has 5 aromatic rings. The van der Waals surface area contributed by atoms with Gasteiger partial charge in [-0.1, -0.05) is 12.1 Å². The third kappa shape index (κ3) is 7.52. The zero-order chi connectivity index (χ0) is 45.3. The van der Waals surface area contributed by atoms with Crippen LogP contribution in [-0.4, -0.2) is 114 Å². The van der Waals surface area contributed by atoms with Gasteiger partial charge in [0.2, 0.25) is 11.8 Å². The minimum atomic E-state index is -1.13. The van der Waals surface area contributed by atoms with Crippen molar-refractivity contribution in [2.45, 2.75) is 75.3 Å². The topological polar surface area (TPSA) is 195 Å². The van der Waals surface area contributed by atoms with Gasteiger partial charge in [-0.05, 0) is 73.2 Å². The van der Waals surface area contributed by atoms with Gasteiger partial charge in [-0.25, -0.2) is 19.3 Å². The van der Waals surface area contributed by atoms with Crippen LogP contribution < -0.4 is 25.2 Å². The van der Waals surface area contributed by atoms with Crippen molar-refractivity contribution in [3.05, 3.63) is 101 Å². The zero-order valence-electron chi connectivity index (χ0n) is 36.0. The molecule has 2 bridgehead atoms. The summed E-state index contributed by atoms with van der Waals surface area (Å²) in [5.74, 6) is -1.18. The second-order valence-electron chi connectivity index (χ2n) is 18.2. The number of piperazine rings is 1. The number of ether oxygens (including phenoxy) is 1. The molecule has 12 rings (SSSR count). The molecule has 1 aliphatic carbocycles. The second kappa shape index (κ2) is 16.3. The summed E-state index contributed by atoms with van der Waals surface area (Å²) >= 11 is 1.27. The number of benzene rings is 2. The van der Waals surface area contributed by atoms with Crippen LogP contribution >= 0.6 is 11.3 Å². The highest BCUT2D eigenvalue weighted by Gasteiger charge is 2.60. The number of pyridine rings is 1. The predicted octanol–water partition coefficient (Wildman–Crippen LogP) is 4.08. The van der Waals surface area contributed by atoms with Crippen molar-refractivity contribution < 1.29 is 38.2 Å². The van der Waals surface area contributed by atoms with E-state index < -0.39 is 40.8 Å². The van der Waals surface area contributed by atoms with E-state index in [0.29, 0.717) is 92.9 Å². The molecule has 4 saturated heterocycles. The number of nitrogens with zero attached hydrogens (tertiary/aromatic N) is 8. The summed E-state index contributed by atoms with van der Waals surface area (Å²) in [6, 6.07) is 13.3. The molecule has 6 aliphatic heterocycles. The molecule has 0 radical (unpaired) electrons. The van der Waals surface area contributed by atoms with Crippen LogP contribution in [0.5, 0.6) is 5.75 Å². The van der Waals surface area contributed by atoms with Gasteiger partial charge in [-0.2, -0.15) is 0 Å². The number of carbonyl (C=O) groups is 5. The smallest absolute Gasteiger partial charge is 0.270 e. The molecule has 5 fully saturated rings. The van der Waals surface area contributed by atoms with Crippen LogP contribution in [0.3, 0.4) is 0 Å². The number of imide groups is 1. The number of hydrogen-bond donors (Lipinski definition) is 3. The lowest BCUT2D eigenvalue weighted by Gasteiger charge is -2.48. The van der Waals surface area contributed by atoms with Crippen molar-refractivity contribution in [3.8, 4) is 16.9 Å². The number of carbonyl (C=O) groups excluding carboxylic acids is 5. The average Bonchev–Trinajstić information content (AvgIpc) is 4.13. The van der Waals surface area contributed by atoms with Gasteiger partial charge in [-0.3, -0.25) is 34.6 Å². The monoisotopic (exact) mass is 914 g/mol. The van der Waals surface area contributed by atoms with E-state index in [0.717, 1.165) is 36.3 Å². The van der Waals surface area contributed by atoms with Gasteiger partial charge in [-0.15, -0.1) is 11.3 Å². The molecule has 1 saturated carbocycles. The van der Waals surface area contributed by atoms with Gasteiger partial charge in [0.15, 0.2) is 16.8 Å². The van der Waals surface area contributed by atoms with Crippen molar-refractivity contribution >= 4 is 57.5 Å². The lowest BCUT2D eigenvalue weighted by Crippen LogP contribution is -2.68. The molecule has 3 N–H and O–H groups in total. The van der Waals surface area contributed by atoms with Gasteiger partial charge in [0, 0.05) is 98.7 Å². The highest BCUT2D eigenvalue weighted by molar-refractivity contribution is 7.13. The number of amides is 5. The summed E-state index contributed by atoms with van der Waals surface area (Å²) in [6.07, 6.45) is 8.09. The molecule has 3 aromatic heterocycles. The van der Waals surface area contributed by atoms with Crippen molar-refractivity contribution in [3.63, 3.8) is 0 Å². The van der Waals surface area contributed by atoms with Crippen LogP contribution in [-0.2, 0) is 38.7 Å². The lowest BCUT2D eigenvalue weighted by molar-refractivity contribution is -0.168. The van der Waals surface area contributed by atoms with E-state index in [4.69, 9.17) is 4.74 Å². The molecule has 1 atom stereocenters. The number of aliphatic hydroxyl groups is 1. The second-order valence-corrected chi connectivity index (χ2v) is 19.1. The Bertz CT molecular complexity index is 2740. The Kier molecular flexibility index (Phi) is 10.4. The number of aromatic nitrogens is 4. The Hall–Kier alpha value is -6.73. The molecule has 9 heterocycles. The summed E-state index contributed by atoms with van der Waals surface area (Å²) in [4.78, 5) is 86.5. The third-order valence-corrected chi connectivity index (χ3v) is 14.9. The summed E-state index contributed by atoms with van der Waals surface area (Å²) in [7, 11) is 0. The van der Waals surface area contributed by atoms with Crippen molar-refractivity contribution in [2.75, 3.05) is 54.4 Å². The first kappa shape index (κ1) is 41.9. The van der Waals surface area contributed by atoms with E-state index in [9.17, 15) is 29.1 Å². The van der Waals surface area contributed by atoms with Crippen molar-refractivity contribution in [1.82, 2.24) is 34.6 Å². The summed E-state index contributed by atoms with van der Waals surface area (Å²) in [5, 5.41) is 18.8. The standard InChI is InChI=1S/C47H47FN10O7S/c48-35-21-29(20-33-34(35)26-58(43(33)62)40(42(61)53-45-49-11-19-66-45)39-36-2-1-12-57(36)27-51-39)28-3-5-31(6-4-28)54-15-17-56(18-16-54)38(59)24-46(64)9-13-55(14-10-46)37-8-7-32(25-50-37)65-47-22-30(23-47)41(60)52-44(47)63/h3-8,11,19-21,25,27,30,40,64H,1-2,9-10,12-18,22-24,26H2,(H,49,53,61)(H,52,60,63). The summed E-state index contributed by atoms with van der Waals surface area (Å²) in [6.45, 7) is 3.95. The molecule has 66 heavy (non-hydrogen) atoms. The van der Waals surface area contributed by atoms with E-state index in [1.807, 2.05) is 39.8 Å². The predicted molar refractivity (Wildman–Crippen MR) is 239 cm³/mol. The van der Waals surface area contributed by atoms with Crippen LogP contribution in [0.1, 0.15) is 71.9 Å². The number of anilines is 3. The van der Waals surface area contributed by atoms with Gasteiger partial charge < -0.3 is 34.0 Å². The van der Waals surface area contributed by atoms with E-state index in [2.05, 4.69) is 35.4 Å². The van der Waals surface area contributed by atoms with Crippen LogP contribution in [0.4, 0.5) is 21.0 Å². The number of aryl methyl sites for hydroxylation is 1. The Balaban J connectivity index is 0.685. The van der Waals surface area contributed by atoms with Crippen LogP contribution in [0.15, 0.2) is 72.6 Å². The van der Waals surface area contributed by atoms with Gasteiger partial charge >= 0.3 is 0 Å². The molecule has 1 unspecified atom stereocenters. The number of hydrogen-bond acceptors (Lipinski definition) is 13. The Morgan fingerprint density at radius 1 is 0.939 bits per heavy atom. The molecule has 340 valence electrons. The molecule has 19 heteroatoms. The SMILES string of the molecule is O=C1NC(=O)C2(Oc3ccc(N4CCC(O)(CC(=O)N5CCN(c6ccc(-c7cc(F)c8c(c7)C(=O)N(C(C(=O)Nc7nccs7)c7ncn9c7CCC9)C8)cc6)CC5)CC4)nc3)CC1C2. The average molecular weight is 915 g/mol. The maximum Gasteiger partial charge on any atom is 0.270 e. The van der Waals surface area contributed by atoms with E-state index >= 15 is 4.39 Å². The highest BCUT2D eigenvalue weighted by Crippen LogP contribution is 2.45. The first-order valence-corrected chi connectivity index (χ1v) is 23.3. The number of thiazole rings is 1. The zero-order valence-corrected chi connectivity index (χ0v) is 36.8. The fraction of sp³-hybridized carbons (Fsp3) is 0.404. The Labute approximate surface area is 382 Å². The summed E-state index contributed by atoms with van der Waals surface area (Å²) < 4.78 is 24.0. The number of rotatable bonds is 11. The quantitative estimate of drug-likeness (QED) is 0.161. The molecule has 17 nitrogen and oxygen atoms in total. The van der Waals surface area contributed by atoms with E-state index in [1.54, 1.807) is 36.2 Å². The number of imidazole rings is 1. The first-order valence-electron chi connectivity index (χ1n) is 22.4. The molecule has 5 amide bonds. The minimum Gasteiger partial charge on any atom is -0.476 e. The van der Waals surface area contributed by atoms with Crippen LogP contribution in [0.2, 0.25) is 0 Å². The number of piperidine rings is 3. The maximum atomic E-state index is 16.0. The normalized spacial score (nSPS) is 22.4. The summed E-state index contributed by atoms with van der Waals surface area (Å²) in [5.41, 5.74) is 1.92. The minimum absolute atomic E-state index is 0.0346. The maximum absolute atomic E-state index is 16.0. The largest absolute Gasteiger partial charge is 0.476 e. The molecule has 2 aromatic carbocycles. The van der Waals surface area contributed by atoms with Crippen molar-refractivity contribution in [1.29, 1.82) is 0 Å². The van der Waals surface area contributed by atoms with Gasteiger partial charge in [0.05, 0.1) is 36.8 Å². The van der Waals surface area contributed by atoms with Crippen LogP contribution in [0, 0.1) is 11.7 Å². The number of nitrogens with one attached hydrogen (secondary N) is 2.